The van der Waals surface area contributed by atoms with Crippen molar-refractivity contribution in [3.05, 3.63) is 39.5 Å². The molecule has 0 fully saturated rings. The number of rotatable bonds is 2. The van der Waals surface area contributed by atoms with Crippen LogP contribution in [-0.2, 0) is 12.8 Å². The van der Waals surface area contributed by atoms with Gasteiger partial charge in [-0.25, -0.2) is 0 Å². The van der Waals surface area contributed by atoms with Gasteiger partial charge in [-0.05, 0) is 57.2 Å². The summed E-state index contributed by atoms with van der Waals surface area (Å²) < 4.78 is 2.04. The Morgan fingerprint density at radius 1 is 1.21 bits per heavy atom. The quantitative estimate of drug-likeness (QED) is 0.844. The largest absolute Gasteiger partial charge is 0.545 e. The lowest BCUT2D eigenvalue weighted by Crippen LogP contribution is -2.25. The highest BCUT2D eigenvalue weighted by Crippen LogP contribution is 2.37. The highest BCUT2D eigenvalue weighted by molar-refractivity contribution is 7.15. The van der Waals surface area contributed by atoms with E-state index >= 15 is 0 Å². The molecule has 1 aliphatic rings. The Hall–Kier alpha value is -1.55. The molecule has 19 heavy (non-hydrogen) atoms. The van der Waals surface area contributed by atoms with Gasteiger partial charge in [-0.15, -0.1) is 11.3 Å². The van der Waals surface area contributed by atoms with Crippen molar-refractivity contribution in [3.8, 4) is 5.00 Å². The van der Waals surface area contributed by atoms with Crippen molar-refractivity contribution < 1.29 is 9.90 Å². The average molecular weight is 274 g/mol. The molecular formula is C15H16NO2S-. The van der Waals surface area contributed by atoms with Gasteiger partial charge in [-0.2, -0.15) is 0 Å². The highest BCUT2D eigenvalue weighted by atomic mass is 32.1. The first-order valence-corrected chi connectivity index (χ1v) is 7.42. The Labute approximate surface area is 116 Å². The van der Waals surface area contributed by atoms with E-state index in [-0.39, 0.29) is 0 Å². The molecule has 0 saturated carbocycles. The maximum Gasteiger partial charge on any atom is 0.109 e. The Bertz CT molecular complexity index is 632. The van der Waals surface area contributed by atoms with E-state index in [1.807, 2.05) is 30.5 Å². The van der Waals surface area contributed by atoms with E-state index in [0.717, 1.165) is 47.6 Å². The fraction of sp³-hybridized carbons (Fsp3) is 0.400. The Kier molecular flexibility index (Phi) is 2.97. The van der Waals surface area contributed by atoms with Crippen molar-refractivity contribution in [1.29, 1.82) is 0 Å². The van der Waals surface area contributed by atoms with Crippen LogP contribution in [0.1, 0.15) is 45.0 Å². The van der Waals surface area contributed by atoms with Gasteiger partial charge in [0.25, 0.3) is 0 Å². The minimum absolute atomic E-state index is 0.419. The van der Waals surface area contributed by atoms with Crippen LogP contribution in [0.3, 0.4) is 0 Å². The minimum atomic E-state index is -1.04. The molecule has 2 heterocycles. The van der Waals surface area contributed by atoms with Crippen LogP contribution in [0.15, 0.2) is 12.1 Å². The summed E-state index contributed by atoms with van der Waals surface area (Å²) in [5.74, 6) is -1.04. The molecule has 0 radical (unpaired) electrons. The molecule has 3 nitrogen and oxygen atoms in total. The molecule has 0 saturated heterocycles. The van der Waals surface area contributed by atoms with Gasteiger partial charge in [0.1, 0.15) is 5.00 Å². The Balaban J connectivity index is 2.27. The number of thiophene rings is 1. The number of aromatic carboxylic acids is 1. The number of aryl methyl sites for hydroxylation is 3. The number of hydrogen-bond acceptors (Lipinski definition) is 3. The fourth-order valence-electron chi connectivity index (χ4n) is 2.91. The zero-order valence-corrected chi connectivity index (χ0v) is 12.0. The summed E-state index contributed by atoms with van der Waals surface area (Å²) >= 11 is 1.62. The van der Waals surface area contributed by atoms with E-state index in [1.165, 1.54) is 4.88 Å². The van der Waals surface area contributed by atoms with Crippen LogP contribution >= 0.6 is 11.3 Å². The Morgan fingerprint density at radius 3 is 2.47 bits per heavy atom. The summed E-state index contributed by atoms with van der Waals surface area (Å²) in [5, 5.41) is 12.4. The molecule has 0 bridgehead atoms. The van der Waals surface area contributed by atoms with E-state index in [1.54, 1.807) is 11.3 Å². The average Bonchev–Trinajstić information content (AvgIpc) is 2.89. The van der Waals surface area contributed by atoms with Crippen LogP contribution in [0.5, 0.6) is 0 Å². The number of carboxylic acids is 1. The van der Waals surface area contributed by atoms with Gasteiger partial charge >= 0.3 is 0 Å². The zero-order chi connectivity index (χ0) is 13.6. The van der Waals surface area contributed by atoms with Crippen molar-refractivity contribution >= 4 is 17.3 Å². The summed E-state index contributed by atoms with van der Waals surface area (Å²) in [4.78, 5) is 12.8. The van der Waals surface area contributed by atoms with E-state index in [9.17, 15) is 9.90 Å². The van der Waals surface area contributed by atoms with E-state index in [2.05, 4.69) is 0 Å². The smallest absolute Gasteiger partial charge is 0.109 e. The van der Waals surface area contributed by atoms with Crippen LogP contribution in [-0.4, -0.2) is 10.5 Å². The van der Waals surface area contributed by atoms with Crippen molar-refractivity contribution in [3.63, 3.8) is 0 Å². The van der Waals surface area contributed by atoms with Crippen molar-refractivity contribution in [2.75, 3.05) is 0 Å². The lowest BCUT2D eigenvalue weighted by Gasteiger charge is -2.14. The molecule has 0 spiro atoms. The fourth-order valence-corrected chi connectivity index (χ4v) is 4.40. The van der Waals surface area contributed by atoms with Gasteiger partial charge in [0.2, 0.25) is 0 Å². The molecule has 100 valence electrons. The number of carbonyl (C=O) groups is 1. The molecular weight excluding hydrogens is 258 g/mol. The third kappa shape index (κ3) is 1.91. The lowest BCUT2D eigenvalue weighted by molar-refractivity contribution is -0.255. The predicted molar refractivity (Wildman–Crippen MR) is 74.1 cm³/mol. The van der Waals surface area contributed by atoms with Crippen LogP contribution in [0.4, 0.5) is 0 Å². The maximum absolute atomic E-state index is 11.6. The molecule has 0 aliphatic heterocycles. The van der Waals surface area contributed by atoms with Crippen molar-refractivity contribution in [2.24, 2.45) is 0 Å². The standard InChI is InChI=1S/C15H17NO2S/c1-9-7-8-10(2)16(9)14-13(15(17)18)11-5-3-4-6-12(11)19-14/h7-8H,3-6H2,1-2H3,(H,17,18)/p-1. The van der Waals surface area contributed by atoms with E-state index < -0.39 is 5.97 Å². The minimum Gasteiger partial charge on any atom is -0.545 e. The number of carbonyl (C=O) groups excluding carboxylic acids is 1. The molecule has 3 rings (SSSR count). The van der Waals surface area contributed by atoms with Gasteiger partial charge < -0.3 is 14.5 Å². The molecule has 0 amide bonds. The van der Waals surface area contributed by atoms with E-state index in [4.69, 9.17) is 0 Å². The molecule has 0 N–H and O–H groups in total. The normalized spacial score (nSPS) is 14.4. The molecule has 0 unspecified atom stereocenters. The predicted octanol–water partition coefficient (Wildman–Crippen LogP) is 2.40. The van der Waals surface area contributed by atoms with Crippen molar-refractivity contribution in [2.45, 2.75) is 39.5 Å². The first-order valence-electron chi connectivity index (χ1n) is 6.61. The van der Waals surface area contributed by atoms with Gasteiger partial charge in [0, 0.05) is 21.8 Å². The molecule has 0 aromatic carbocycles. The molecule has 0 atom stereocenters. The van der Waals surface area contributed by atoms with Crippen molar-refractivity contribution in [1.82, 2.24) is 4.57 Å². The number of carboxylic acid groups (broad SMARTS) is 1. The van der Waals surface area contributed by atoms with Crippen LogP contribution in [0, 0.1) is 13.8 Å². The second-order valence-electron chi connectivity index (χ2n) is 5.13. The van der Waals surface area contributed by atoms with E-state index in [0.29, 0.717) is 5.56 Å². The third-order valence-electron chi connectivity index (χ3n) is 3.83. The number of nitrogens with zero attached hydrogens (tertiary/aromatic N) is 1. The summed E-state index contributed by atoms with van der Waals surface area (Å²) in [7, 11) is 0. The van der Waals surface area contributed by atoms with Crippen LogP contribution < -0.4 is 5.11 Å². The topological polar surface area (TPSA) is 45.1 Å². The number of aromatic nitrogens is 1. The van der Waals surface area contributed by atoms with Gasteiger partial charge in [0.15, 0.2) is 0 Å². The van der Waals surface area contributed by atoms with Gasteiger partial charge in [-0.3, -0.25) is 0 Å². The SMILES string of the molecule is Cc1ccc(C)n1-c1sc2c(c1C(=O)[O-])CCCC2. The van der Waals surface area contributed by atoms with Crippen LogP contribution in [0.25, 0.3) is 5.00 Å². The number of fused-ring (bicyclic) bond motifs is 1. The maximum atomic E-state index is 11.6. The lowest BCUT2D eigenvalue weighted by atomic mass is 9.95. The monoisotopic (exact) mass is 274 g/mol. The molecule has 4 heteroatoms. The second-order valence-corrected chi connectivity index (χ2v) is 6.21. The summed E-state index contributed by atoms with van der Waals surface area (Å²) in [6, 6.07) is 4.04. The van der Waals surface area contributed by atoms with Crippen LogP contribution in [0.2, 0.25) is 0 Å². The molecule has 2 aromatic rings. The molecule has 2 aromatic heterocycles. The number of hydrogen-bond donors (Lipinski definition) is 0. The summed E-state index contributed by atoms with van der Waals surface area (Å²) in [6.07, 6.45) is 4.10. The first kappa shape index (κ1) is 12.5. The zero-order valence-electron chi connectivity index (χ0n) is 11.2. The van der Waals surface area contributed by atoms with Gasteiger partial charge in [-0.1, -0.05) is 0 Å². The highest BCUT2D eigenvalue weighted by Gasteiger charge is 2.23. The third-order valence-corrected chi connectivity index (χ3v) is 5.11. The van der Waals surface area contributed by atoms with Gasteiger partial charge in [0.05, 0.1) is 5.97 Å². The summed E-state index contributed by atoms with van der Waals surface area (Å²) in [6.45, 7) is 4.01. The Morgan fingerprint density at radius 2 is 1.84 bits per heavy atom. The summed E-state index contributed by atoms with van der Waals surface area (Å²) in [5.41, 5.74) is 3.57. The first-order chi connectivity index (χ1) is 9.09. The molecule has 1 aliphatic carbocycles. The second kappa shape index (κ2) is 4.53.